The quantitative estimate of drug-likeness (QED) is 0.849. The number of aliphatic carboxylic acids is 1. The number of carboxylic acid groups (broad SMARTS) is 1. The van der Waals surface area contributed by atoms with E-state index in [2.05, 4.69) is 16.9 Å². The minimum Gasteiger partial charge on any atom is -0.481 e. The largest absolute Gasteiger partial charge is 0.481 e. The van der Waals surface area contributed by atoms with Crippen LogP contribution in [0.15, 0.2) is 30.9 Å². The lowest BCUT2D eigenvalue weighted by molar-refractivity contribution is -0.140. The molecule has 0 bridgehead atoms. The van der Waals surface area contributed by atoms with Crippen molar-refractivity contribution in [2.75, 3.05) is 6.54 Å². The predicted molar refractivity (Wildman–Crippen MR) is 86.4 cm³/mol. The smallest absolute Gasteiger partial charge is 0.316 e. The number of aryl methyl sites for hydroxylation is 1. The minimum absolute atomic E-state index is 0.105. The molecule has 2 unspecified atom stereocenters. The van der Waals surface area contributed by atoms with Crippen molar-refractivity contribution in [2.45, 2.75) is 32.1 Å². The zero-order chi connectivity index (χ0) is 16.6. The van der Waals surface area contributed by atoms with Crippen molar-refractivity contribution in [2.24, 2.45) is 17.6 Å². The van der Waals surface area contributed by atoms with Crippen molar-refractivity contribution >= 4 is 5.97 Å². The molecule has 1 fully saturated rings. The molecule has 23 heavy (non-hydrogen) atoms. The van der Waals surface area contributed by atoms with Crippen LogP contribution >= 0.6 is 0 Å². The van der Waals surface area contributed by atoms with E-state index in [-0.39, 0.29) is 5.92 Å². The van der Waals surface area contributed by atoms with E-state index in [1.165, 1.54) is 0 Å². The normalized spacial score (nSPS) is 24.4. The minimum atomic E-state index is -0.862. The van der Waals surface area contributed by atoms with Crippen LogP contribution < -0.4 is 5.73 Å². The number of hydrogen-bond acceptors (Lipinski definition) is 4. The van der Waals surface area contributed by atoms with Crippen LogP contribution in [0.4, 0.5) is 0 Å². The summed E-state index contributed by atoms with van der Waals surface area (Å²) in [5, 5.41) is 9.73. The summed E-state index contributed by atoms with van der Waals surface area (Å²) in [5.41, 5.74) is 6.50. The molecule has 2 heterocycles. The predicted octanol–water partition coefficient (Wildman–Crippen LogP) is 1.90. The van der Waals surface area contributed by atoms with Crippen molar-refractivity contribution in [1.82, 2.24) is 14.5 Å². The van der Waals surface area contributed by atoms with Crippen molar-refractivity contribution in [3.63, 3.8) is 0 Å². The molecule has 3 rings (SSSR count). The van der Waals surface area contributed by atoms with Crippen LogP contribution in [0.5, 0.6) is 0 Å². The Kier molecular flexibility index (Phi) is 3.93. The van der Waals surface area contributed by atoms with E-state index < -0.39 is 11.4 Å². The highest BCUT2D eigenvalue weighted by atomic mass is 16.4. The van der Waals surface area contributed by atoms with Crippen LogP contribution in [0.1, 0.15) is 31.0 Å². The van der Waals surface area contributed by atoms with Crippen LogP contribution in [0.3, 0.4) is 0 Å². The van der Waals surface area contributed by atoms with Crippen LogP contribution in [0, 0.1) is 18.8 Å². The number of pyridine rings is 1. The summed E-state index contributed by atoms with van der Waals surface area (Å²) in [4.78, 5) is 20.6. The van der Waals surface area contributed by atoms with E-state index in [0.29, 0.717) is 24.6 Å². The lowest BCUT2D eigenvalue weighted by Crippen LogP contribution is -2.24. The maximum atomic E-state index is 11.9. The molecule has 0 aromatic carbocycles. The molecule has 6 nitrogen and oxygen atoms in total. The first kappa shape index (κ1) is 15.7. The molecule has 2 aromatic rings. The van der Waals surface area contributed by atoms with E-state index >= 15 is 0 Å². The van der Waals surface area contributed by atoms with Gasteiger partial charge < -0.3 is 10.8 Å². The van der Waals surface area contributed by atoms with Crippen molar-refractivity contribution in [3.05, 3.63) is 42.1 Å². The highest BCUT2D eigenvalue weighted by molar-refractivity contribution is 5.85. The highest BCUT2D eigenvalue weighted by Gasteiger charge is 2.62. The van der Waals surface area contributed by atoms with Gasteiger partial charge in [-0.2, -0.15) is 0 Å². The van der Waals surface area contributed by atoms with Crippen LogP contribution in [-0.4, -0.2) is 32.2 Å². The van der Waals surface area contributed by atoms with Crippen LogP contribution in [0.25, 0.3) is 5.82 Å². The van der Waals surface area contributed by atoms with Gasteiger partial charge in [0, 0.05) is 12.4 Å². The summed E-state index contributed by atoms with van der Waals surface area (Å²) in [6.45, 7) is 4.61. The standard InChI is InChI=1S/C17H22N4O2/c1-11-3-4-15(19-8-11)21-9-14(20-10-21)17(16(22)23)6-13(17)5-12(2)7-18/h3-4,8-10,12-13H,5-7,18H2,1-2H3,(H,22,23)/t12-,13?,17?/m1/s1. The van der Waals surface area contributed by atoms with Gasteiger partial charge in [-0.25, -0.2) is 9.97 Å². The first-order valence-corrected chi connectivity index (χ1v) is 7.88. The number of nitrogens with zero attached hydrogens (tertiary/aromatic N) is 3. The van der Waals surface area contributed by atoms with Gasteiger partial charge >= 0.3 is 5.97 Å². The summed E-state index contributed by atoms with van der Waals surface area (Å²) in [6.07, 6.45) is 6.66. The van der Waals surface area contributed by atoms with Crippen LogP contribution in [-0.2, 0) is 10.2 Å². The Morgan fingerprint density at radius 1 is 1.52 bits per heavy atom. The Morgan fingerprint density at radius 2 is 2.30 bits per heavy atom. The van der Waals surface area contributed by atoms with Gasteiger partial charge in [0.15, 0.2) is 0 Å². The number of hydrogen-bond donors (Lipinski definition) is 2. The zero-order valence-electron chi connectivity index (χ0n) is 13.4. The van der Waals surface area contributed by atoms with E-state index in [1.54, 1.807) is 23.3 Å². The van der Waals surface area contributed by atoms with E-state index in [4.69, 9.17) is 5.73 Å². The fourth-order valence-electron chi connectivity index (χ4n) is 3.17. The third-order valence-electron chi connectivity index (χ3n) is 4.78. The van der Waals surface area contributed by atoms with E-state index in [1.807, 2.05) is 19.1 Å². The lowest BCUT2D eigenvalue weighted by Gasteiger charge is -2.12. The second-order valence-corrected chi connectivity index (χ2v) is 6.61. The summed E-state index contributed by atoms with van der Waals surface area (Å²) < 4.78 is 1.78. The third-order valence-corrected chi connectivity index (χ3v) is 4.78. The van der Waals surface area contributed by atoms with Crippen molar-refractivity contribution in [3.8, 4) is 5.82 Å². The van der Waals surface area contributed by atoms with Crippen molar-refractivity contribution < 1.29 is 9.90 Å². The molecule has 6 heteroatoms. The molecular weight excluding hydrogens is 292 g/mol. The molecular formula is C17H22N4O2. The molecule has 0 radical (unpaired) electrons. The first-order chi connectivity index (χ1) is 11.0. The number of carboxylic acids is 1. The van der Waals surface area contributed by atoms with Gasteiger partial charge in [0.25, 0.3) is 0 Å². The number of imidazole rings is 1. The third kappa shape index (κ3) is 2.74. The van der Waals surface area contributed by atoms with E-state index in [0.717, 1.165) is 17.8 Å². The molecule has 1 aliphatic carbocycles. The fraction of sp³-hybridized carbons (Fsp3) is 0.471. The Labute approximate surface area is 135 Å². The first-order valence-electron chi connectivity index (χ1n) is 7.88. The number of nitrogens with two attached hydrogens (primary N) is 1. The molecule has 0 saturated heterocycles. The molecule has 0 amide bonds. The second-order valence-electron chi connectivity index (χ2n) is 6.61. The van der Waals surface area contributed by atoms with Gasteiger partial charge in [-0.15, -0.1) is 0 Å². The van der Waals surface area contributed by atoms with Crippen LogP contribution in [0.2, 0.25) is 0 Å². The van der Waals surface area contributed by atoms with Gasteiger partial charge in [0.2, 0.25) is 0 Å². The zero-order valence-corrected chi connectivity index (χ0v) is 13.4. The summed E-state index contributed by atoms with van der Waals surface area (Å²) in [7, 11) is 0. The van der Waals surface area contributed by atoms with Gasteiger partial charge in [-0.3, -0.25) is 9.36 Å². The maximum absolute atomic E-state index is 11.9. The topological polar surface area (TPSA) is 94.0 Å². The number of rotatable bonds is 6. The Balaban J connectivity index is 1.86. The Hall–Kier alpha value is -2.21. The average molecular weight is 314 g/mol. The fourth-order valence-corrected chi connectivity index (χ4v) is 3.17. The Morgan fingerprint density at radius 3 is 2.91 bits per heavy atom. The molecule has 3 N–H and O–H groups in total. The molecule has 1 saturated carbocycles. The SMILES string of the molecule is Cc1ccc(-n2cnc(C3(C(=O)O)CC3C[C@@H](C)CN)c2)nc1. The second kappa shape index (κ2) is 5.77. The van der Waals surface area contributed by atoms with Gasteiger partial charge in [0.05, 0.1) is 5.69 Å². The molecule has 0 spiro atoms. The maximum Gasteiger partial charge on any atom is 0.316 e. The molecule has 1 aliphatic rings. The average Bonchev–Trinajstić information content (AvgIpc) is 3.04. The van der Waals surface area contributed by atoms with Gasteiger partial charge in [-0.05, 0) is 49.8 Å². The molecule has 3 atom stereocenters. The van der Waals surface area contributed by atoms with Crippen molar-refractivity contribution in [1.29, 1.82) is 0 Å². The summed E-state index contributed by atoms with van der Waals surface area (Å²) >= 11 is 0. The van der Waals surface area contributed by atoms with E-state index in [9.17, 15) is 9.90 Å². The molecule has 2 aromatic heterocycles. The summed E-state index contributed by atoms with van der Waals surface area (Å²) in [6, 6.07) is 3.87. The summed E-state index contributed by atoms with van der Waals surface area (Å²) in [5.74, 6) is 0.367. The molecule has 122 valence electrons. The van der Waals surface area contributed by atoms with Gasteiger partial charge in [0.1, 0.15) is 17.6 Å². The monoisotopic (exact) mass is 314 g/mol. The number of aromatic nitrogens is 3. The lowest BCUT2D eigenvalue weighted by atomic mass is 9.94. The number of carbonyl (C=O) groups is 1. The van der Waals surface area contributed by atoms with Gasteiger partial charge in [-0.1, -0.05) is 13.0 Å². The molecule has 0 aliphatic heterocycles. The highest BCUT2D eigenvalue weighted by Crippen LogP contribution is 2.56. The Bertz CT molecular complexity index is 710.